The van der Waals surface area contributed by atoms with Gasteiger partial charge < -0.3 is 5.32 Å². The minimum Gasteiger partial charge on any atom is -0.350 e. The summed E-state index contributed by atoms with van der Waals surface area (Å²) < 4.78 is 25.1. The molecule has 0 aliphatic carbocycles. The van der Waals surface area contributed by atoms with Gasteiger partial charge in [-0.2, -0.15) is 0 Å². The molecule has 0 saturated carbocycles. The Hall–Kier alpha value is -0.980. The summed E-state index contributed by atoms with van der Waals surface area (Å²) in [6.07, 6.45) is 0. The molecule has 0 atom stereocenters. The molecule has 1 N–H and O–H groups in total. The number of benzene rings is 1. The van der Waals surface area contributed by atoms with E-state index < -0.39 is 22.5 Å². The zero-order valence-electron chi connectivity index (χ0n) is 12.7. The van der Waals surface area contributed by atoms with Crippen molar-refractivity contribution in [3.8, 4) is 0 Å². The first-order chi connectivity index (χ1) is 10.3. The maximum Gasteiger partial charge on any atom is 0.255 e. The Morgan fingerprint density at radius 2 is 2.05 bits per heavy atom. The number of rotatable bonds is 4. The second-order valence-corrected chi connectivity index (χ2v) is 8.03. The van der Waals surface area contributed by atoms with Gasteiger partial charge in [0.2, 0.25) is 0 Å². The molecule has 1 amide bonds. The summed E-state index contributed by atoms with van der Waals surface area (Å²) in [4.78, 5) is 14.4. The molecule has 1 fully saturated rings. The Morgan fingerprint density at radius 1 is 1.41 bits per heavy atom. The Kier molecular flexibility index (Phi) is 5.58. The van der Waals surface area contributed by atoms with Crippen molar-refractivity contribution >= 4 is 28.3 Å². The van der Waals surface area contributed by atoms with Crippen LogP contribution in [0.1, 0.15) is 24.2 Å². The number of nitrogens with zero attached hydrogens (tertiary/aromatic N) is 1. The van der Waals surface area contributed by atoms with Gasteiger partial charge in [-0.05, 0) is 26.0 Å². The lowest BCUT2D eigenvalue weighted by atomic mass is 10.0. The summed E-state index contributed by atoms with van der Waals surface area (Å²) in [5.41, 5.74) is -0.419. The fourth-order valence-corrected chi connectivity index (χ4v) is 3.76. The predicted octanol–water partition coefficient (Wildman–Crippen LogP) is 2.05. The van der Waals surface area contributed by atoms with Gasteiger partial charge in [0.1, 0.15) is 5.82 Å². The number of nitrogens with one attached hydrogen (secondary N) is 1. The number of hydrogen-bond acceptors (Lipinski definition) is 3. The Morgan fingerprint density at radius 3 is 2.64 bits per heavy atom. The predicted molar refractivity (Wildman–Crippen MR) is 87.3 cm³/mol. The maximum absolute atomic E-state index is 13.7. The molecule has 1 heterocycles. The molecule has 0 aromatic heterocycles. The van der Waals surface area contributed by atoms with E-state index in [2.05, 4.69) is 10.2 Å². The topological polar surface area (TPSA) is 49.4 Å². The van der Waals surface area contributed by atoms with E-state index in [1.165, 1.54) is 18.2 Å². The SMILES string of the molecule is CC(C)(CNC(=O)c1c(F)cccc1Cl)N1CCS(=O)CC1. The number of hydrogen-bond donors (Lipinski definition) is 1. The average Bonchev–Trinajstić information content (AvgIpc) is 2.45. The summed E-state index contributed by atoms with van der Waals surface area (Å²) >= 11 is 5.89. The molecule has 122 valence electrons. The maximum atomic E-state index is 13.7. The van der Waals surface area contributed by atoms with Crippen molar-refractivity contribution in [2.45, 2.75) is 19.4 Å². The lowest BCUT2D eigenvalue weighted by Crippen LogP contribution is -2.55. The van der Waals surface area contributed by atoms with Gasteiger partial charge in [0.15, 0.2) is 0 Å². The van der Waals surface area contributed by atoms with E-state index in [0.717, 1.165) is 13.1 Å². The first kappa shape index (κ1) is 17.4. The lowest BCUT2D eigenvalue weighted by molar-refractivity contribution is 0.0879. The van der Waals surface area contributed by atoms with E-state index >= 15 is 0 Å². The minimum atomic E-state index is -0.740. The highest BCUT2D eigenvalue weighted by atomic mass is 35.5. The van der Waals surface area contributed by atoms with Crippen LogP contribution in [-0.2, 0) is 10.8 Å². The van der Waals surface area contributed by atoms with Crippen LogP contribution in [0.5, 0.6) is 0 Å². The van der Waals surface area contributed by atoms with Gasteiger partial charge in [0.05, 0.1) is 10.6 Å². The van der Waals surface area contributed by atoms with Crippen molar-refractivity contribution in [1.29, 1.82) is 0 Å². The summed E-state index contributed by atoms with van der Waals surface area (Å²) in [6, 6.07) is 4.17. The molecule has 7 heteroatoms. The van der Waals surface area contributed by atoms with Crippen LogP contribution in [0.3, 0.4) is 0 Å². The lowest BCUT2D eigenvalue weighted by Gasteiger charge is -2.40. The van der Waals surface area contributed by atoms with Crippen LogP contribution in [0.2, 0.25) is 5.02 Å². The summed E-state index contributed by atoms with van der Waals surface area (Å²) in [6.45, 7) is 5.84. The highest BCUT2D eigenvalue weighted by Crippen LogP contribution is 2.20. The zero-order valence-corrected chi connectivity index (χ0v) is 14.3. The van der Waals surface area contributed by atoms with Crippen LogP contribution < -0.4 is 5.32 Å². The first-order valence-corrected chi connectivity index (χ1v) is 9.00. The highest BCUT2D eigenvalue weighted by molar-refractivity contribution is 7.85. The summed E-state index contributed by atoms with van der Waals surface area (Å²) in [5.74, 6) is 0.153. The number of carbonyl (C=O) groups is 1. The third-order valence-electron chi connectivity index (χ3n) is 3.91. The molecule has 22 heavy (non-hydrogen) atoms. The molecular formula is C15H20ClFN2O2S. The van der Waals surface area contributed by atoms with Crippen LogP contribution in [0.4, 0.5) is 4.39 Å². The molecule has 4 nitrogen and oxygen atoms in total. The van der Waals surface area contributed by atoms with Crippen molar-refractivity contribution < 1.29 is 13.4 Å². The third kappa shape index (κ3) is 4.06. The Bertz CT molecular complexity index is 565. The fourth-order valence-electron chi connectivity index (χ4n) is 2.45. The fraction of sp³-hybridized carbons (Fsp3) is 0.533. The van der Waals surface area contributed by atoms with E-state index in [9.17, 15) is 13.4 Å². The largest absolute Gasteiger partial charge is 0.350 e. The molecule has 1 aliphatic rings. The normalized spacial score (nSPS) is 17.5. The number of halogens is 2. The quantitative estimate of drug-likeness (QED) is 0.907. The van der Waals surface area contributed by atoms with Gasteiger partial charge in [-0.3, -0.25) is 13.9 Å². The molecular weight excluding hydrogens is 327 g/mol. The van der Waals surface area contributed by atoms with E-state index in [0.29, 0.717) is 18.1 Å². The standard InChI is InChI=1S/C15H20ClFN2O2S/c1-15(2,19-6-8-22(21)9-7-19)10-18-14(20)13-11(16)4-3-5-12(13)17/h3-5H,6-10H2,1-2H3,(H,18,20). The smallest absolute Gasteiger partial charge is 0.255 e. The second kappa shape index (κ2) is 7.06. The third-order valence-corrected chi connectivity index (χ3v) is 5.50. The van der Waals surface area contributed by atoms with Gasteiger partial charge >= 0.3 is 0 Å². The van der Waals surface area contributed by atoms with E-state index in [1.807, 2.05) is 13.8 Å². The molecule has 1 aromatic rings. The van der Waals surface area contributed by atoms with Gasteiger partial charge in [0.25, 0.3) is 5.91 Å². The van der Waals surface area contributed by atoms with Crippen LogP contribution in [0.15, 0.2) is 18.2 Å². The molecule has 1 saturated heterocycles. The molecule has 2 rings (SSSR count). The minimum absolute atomic E-state index is 0.101. The molecule has 1 aromatic carbocycles. The summed E-state index contributed by atoms with van der Waals surface area (Å²) in [7, 11) is -0.740. The highest BCUT2D eigenvalue weighted by Gasteiger charge is 2.30. The van der Waals surface area contributed by atoms with Gasteiger partial charge in [-0.15, -0.1) is 0 Å². The van der Waals surface area contributed by atoms with Gasteiger partial charge in [-0.25, -0.2) is 4.39 Å². The van der Waals surface area contributed by atoms with E-state index in [-0.39, 0.29) is 16.1 Å². The van der Waals surface area contributed by atoms with Gasteiger partial charge in [0, 0.05) is 47.5 Å². The van der Waals surface area contributed by atoms with Crippen LogP contribution in [0, 0.1) is 5.82 Å². The first-order valence-electron chi connectivity index (χ1n) is 7.13. The van der Waals surface area contributed by atoms with Crippen molar-refractivity contribution in [3.05, 3.63) is 34.6 Å². The van der Waals surface area contributed by atoms with Crippen LogP contribution in [0.25, 0.3) is 0 Å². The molecule has 0 radical (unpaired) electrons. The van der Waals surface area contributed by atoms with Crippen LogP contribution >= 0.6 is 11.6 Å². The van der Waals surface area contributed by atoms with Gasteiger partial charge in [-0.1, -0.05) is 17.7 Å². The average molecular weight is 347 g/mol. The van der Waals surface area contributed by atoms with E-state index in [1.54, 1.807) is 0 Å². The number of carbonyl (C=O) groups excluding carboxylic acids is 1. The Balaban J connectivity index is 1.99. The van der Waals surface area contributed by atoms with Crippen molar-refractivity contribution in [1.82, 2.24) is 10.2 Å². The molecule has 1 aliphatic heterocycles. The van der Waals surface area contributed by atoms with Crippen LogP contribution in [-0.4, -0.2) is 51.7 Å². The summed E-state index contributed by atoms with van der Waals surface area (Å²) in [5, 5.41) is 2.85. The zero-order chi connectivity index (χ0) is 16.3. The second-order valence-electron chi connectivity index (χ2n) is 5.93. The van der Waals surface area contributed by atoms with Crippen molar-refractivity contribution in [2.75, 3.05) is 31.1 Å². The molecule has 0 bridgehead atoms. The number of amides is 1. The van der Waals surface area contributed by atoms with Crippen molar-refractivity contribution in [3.63, 3.8) is 0 Å². The monoisotopic (exact) mass is 346 g/mol. The van der Waals surface area contributed by atoms with E-state index in [4.69, 9.17) is 11.6 Å². The van der Waals surface area contributed by atoms with Crippen molar-refractivity contribution in [2.24, 2.45) is 0 Å². The molecule has 0 spiro atoms. The Labute approximate surface area is 137 Å². The molecule has 0 unspecified atom stereocenters.